The summed E-state index contributed by atoms with van der Waals surface area (Å²) in [7, 11) is 6.95. The van der Waals surface area contributed by atoms with Gasteiger partial charge < -0.3 is 39.2 Å². The van der Waals surface area contributed by atoms with Gasteiger partial charge in [-0.1, -0.05) is 24.8 Å². The van der Waals surface area contributed by atoms with E-state index in [1.54, 1.807) is 33.0 Å². The van der Waals surface area contributed by atoms with E-state index in [0.29, 0.717) is 41.6 Å². The van der Waals surface area contributed by atoms with E-state index < -0.39 is 23.6 Å². The Morgan fingerprint density at radius 1 is 1.06 bits per heavy atom. The first-order valence-electron chi connectivity index (χ1n) is 15.8. The first-order valence-corrected chi connectivity index (χ1v) is 15.8. The Hall–Kier alpha value is -3.49. The van der Waals surface area contributed by atoms with Gasteiger partial charge in [0.25, 0.3) is 0 Å². The van der Waals surface area contributed by atoms with E-state index in [4.69, 9.17) is 19.2 Å². The second kappa shape index (κ2) is 18.8. The maximum atomic E-state index is 13.2. The number of rotatable bonds is 12. The van der Waals surface area contributed by atoms with Crippen molar-refractivity contribution in [2.24, 2.45) is 7.05 Å². The molecule has 4 aromatic rings. The molecule has 2 aromatic heterocycles. The summed E-state index contributed by atoms with van der Waals surface area (Å²) in [5.74, 6) is -0.346. The van der Waals surface area contributed by atoms with Crippen LogP contribution in [0, 0.1) is 62.2 Å². The second-order valence-electron chi connectivity index (χ2n) is 12.8. The molecule has 51 heavy (non-hydrogen) atoms. The van der Waals surface area contributed by atoms with Crippen molar-refractivity contribution >= 4 is 51.9 Å². The predicted molar refractivity (Wildman–Crippen MR) is 192 cm³/mol. The van der Waals surface area contributed by atoms with E-state index in [2.05, 4.69) is 22.2 Å². The van der Waals surface area contributed by atoms with E-state index in [1.165, 1.54) is 24.3 Å². The molecule has 13 nitrogen and oxygen atoms in total. The molecule has 0 saturated carbocycles. The molecule has 0 bridgehead atoms. The predicted octanol–water partition coefficient (Wildman–Crippen LogP) is 6.38. The van der Waals surface area contributed by atoms with Gasteiger partial charge in [-0.3, -0.25) is 4.79 Å². The zero-order valence-electron chi connectivity index (χ0n) is 30.6. The van der Waals surface area contributed by atoms with Crippen LogP contribution in [0.5, 0.6) is 5.75 Å². The van der Waals surface area contributed by atoms with Crippen molar-refractivity contribution in [2.75, 3.05) is 49.8 Å². The minimum absolute atomic E-state index is 0. The zero-order chi connectivity index (χ0) is 36.0. The summed E-state index contributed by atoms with van der Waals surface area (Å²) in [5, 5.41) is 6.97. The molecule has 2 heterocycles. The molecule has 0 atom stereocenters. The number of anilines is 4. The van der Waals surface area contributed by atoms with Gasteiger partial charge in [-0.2, -0.15) is 0 Å². The Kier molecular flexibility index (Phi) is 16.1. The van der Waals surface area contributed by atoms with E-state index in [1.807, 2.05) is 74.8 Å². The normalized spacial score (nSPS) is 10.8. The molecule has 15 heteroatoms. The number of carbonyl (C=O) groups is 3. The van der Waals surface area contributed by atoms with Gasteiger partial charge in [-0.05, 0) is 52.8 Å². The topological polar surface area (TPSA) is 140 Å². The SMILES string of the molecule is C=CC(=O)Nc1cc(Nc2ncc(C(=O)OC(C)C)c(-c3cn(C)c4ccccc34)n2)c(OC)cc1N(C)CCN(C)C(=O)OC(C)(C)C.[U].[U]. The Balaban J connectivity index is 0.00000451. The minimum atomic E-state index is -0.618. The van der Waals surface area contributed by atoms with Crippen LogP contribution >= 0.6 is 0 Å². The molecule has 0 spiro atoms. The standard InChI is InChI=1S/C36H45N7O6.2U/c1-11-31(44)38-26-18-27(30(47-10)19-29(26)41(7)16-17-42(8)35(46)49-36(4,5)6)39-34-37-20-24(33(45)48-22(2)3)32(40-34)25-21-43(9)28-15-13-12-14-23(25)28;;/h11-15,18-22H,1,16-17H2,2-10H3,(H,38,44)(H,37,39,40);;. The number of aromatic nitrogens is 3. The van der Waals surface area contributed by atoms with Crippen molar-refractivity contribution < 1.29 is 90.8 Å². The number of para-hydroxylation sites is 1. The summed E-state index contributed by atoms with van der Waals surface area (Å²) >= 11 is 0. The summed E-state index contributed by atoms with van der Waals surface area (Å²) in [6, 6.07) is 11.3. The minimum Gasteiger partial charge on any atom is -0.494 e. The van der Waals surface area contributed by atoms with Crippen molar-refractivity contribution in [3.63, 3.8) is 0 Å². The van der Waals surface area contributed by atoms with Crippen LogP contribution < -0.4 is 20.3 Å². The number of methoxy groups -OCH3 is 1. The van der Waals surface area contributed by atoms with Gasteiger partial charge in [-0.15, -0.1) is 0 Å². The van der Waals surface area contributed by atoms with Crippen molar-refractivity contribution in [3.05, 3.63) is 67.0 Å². The monoisotopic (exact) mass is 1150 g/mol. The molecule has 0 aliphatic rings. The van der Waals surface area contributed by atoms with Gasteiger partial charge >= 0.3 is 12.1 Å². The number of carbonyl (C=O) groups excluding carboxylic acids is 3. The fraction of sp³-hybridized carbons (Fsp3) is 0.361. The molecular weight excluding hydrogens is 1100 g/mol. The number of nitrogens with one attached hydrogen (secondary N) is 2. The fourth-order valence-corrected chi connectivity index (χ4v) is 5.01. The first-order chi connectivity index (χ1) is 23.1. The van der Waals surface area contributed by atoms with Crippen LogP contribution in [0.4, 0.5) is 27.8 Å². The quantitative estimate of drug-likeness (QED) is 0.121. The van der Waals surface area contributed by atoms with Gasteiger partial charge in [0.2, 0.25) is 11.9 Å². The molecule has 2 N–H and O–H groups in total. The number of amides is 2. The summed E-state index contributed by atoms with van der Waals surface area (Å²) in [6.07, 6.45) is 3.74. The van der Waals surface area contributed by atoms with Crippen molar-refractivity contribution in [1.82, 2.24) is 19.4 Å². The molecular formula is C36H45N7O6U2. The molecule has 268 valence electrons. The number of likely N-dealkylation sites (N-methyl/N-ethyl adjacent to an activating group) is 2. The molecule has 0 radical (unpaired) electrons. The van der Waals surface area contributed by atoms with Crippen LogP contribution in [0.25, 0.3) is 22.2 Å². The average Bonchev–Trinajstić information content (AvgIpc) is 3.38. The number of hydrogen-bond donors (Lipinski definition) is 2. The summed E-state index contributed by atoms with van der Waals surface area (Å²) in [6.45, 7) is 13.3. The number of nitrogens with zero attached hydrogens (tertiary/aromatic N) is 5. The van der Waals surface area contributed by atoms with Crippen LogP contribution in [0.15, 0.2) is 61.4 Å². The number of aryl methyl sites for hydroxylation is 1. The van der Waals surface area contributed by atoms with Crippen LogP contribution in [-0.2, 0) is 21.3 Å². The summed E-state index contributed by atoms with van der Waals surface area (Å²) < 4.78 is 18.7. The zero-order valence-corrected chi connectivity index (χ0v) is 38.9. The molecule has 4 rings (SSSR count). The van der Waals surface area contributed by atoms with Gasteiger partial charge in [0.1, 0.15) is 16.9 Å². The molecule has 2 amide bonds. The maximum absolute atomic E-state index is 13.2. The van der Waals surface area contributed by atoms with E-state index in [9.17, 15) is 14.4 Å². The van der Waals surface area contributed by atoms with Gasteiger partial charge in [-0.25, -0.2) is 19.6 Å². The van der Waals surface area contributed by atoms with E-state index in [-0.39, 0.29) is 79.8 Å². The number of fused-ring (bicyclic) bond motifs is 1. The summed E-state index contributed by atoms with van der Waals surface area (Å²) in [4.78, 5) is 50.9. The average molecular weight is 1150 g/mol. The molecule has 2 aromatic carbocycles. The van der Waals surface area contributed by atoms with Crippen molar-refractivity contribution in [2.45, 2.75) is 46.3 Å². The molecule has 0 saturated heterocycles. The number of benzene rings is 2. The van der Waals surface area contributed by atoms with Crippen LogP contribution in [0.1, 0.15) is 45.0 Å². The van der Waals surface area contributed by atoms with Gasteiger partial charge in [0.05, 0.1) is 36.0 Å². The smallest absolute Gasteiger partial charge is 0.410 e. The largest absolute Gasteiger partial charge is 0.494 e. The third kappa shape index (κ3) is 11.2. The van der Waals surface area contributed by atoms with E-state index in [0.717, 1.165) is 16.5 Å². The third-order valence-electron chi connectivity index (χ3n) is 7.40. The Morgan fingerprint density at radius 3 is 2.37 bits per heavy atom. The van der Waals surface area contributed by atoms with Gasteiger partial charge in [0.15, 0.2) is 0 Å². The van der Waals surface area contributed by atoms with Crippen molar-refractivity contribution in [3.8, 4) is 17.0 Å². The Bertz CT molecular complexity index is 1870. The molecule has 0 unspecified atom stereocenters. The number of esters is 1. The number of ether oxygens (including phenoxy) is 3. The fourth-order valence-electron chi connectivity index (χ4n) is 5.01. The Morgan fingerprint density at radius 2 is 1.75 bits per heavy atom. The number of hydrogen-bond acceptors (Lipinski definition) is 10. The molecule has 0 aliphatic carbocycles. The summed E-state index contributed by atoms with van der Waals surface area (Å²) in [5.41, 5.74) is 3.22. The molecule has 0 aliphatic heterocycles. The maximum Gasteiger partial charge on any atom is 0.410 e. The van der Waals surface area contributed by atoms with Crippen LogP contribution in [-0.4, -0.2) is 83.4 Å². The van der Waals surface area contributed by atoms with Crippen LogP contribution in [0.2, 0.25) is 0 Å². The van der Waals surface area contributed by atoms with Crippen LogP contribution in [0.3, 0.4) is 0 Å². The van der Waals surface area contributed by atoms with Gasteiger partial charge in [0, 0.05) is 131 Å². The third-order valence-corrected chi connectivity index (χ3v) is 7.40. The first kappa shape index (κ1) is 43.7. The van der Waals surface area contributed by atoms with E-state index >= 15 is 0 Å². The Labute approximate surface area is 346 Å². The second-order valence-corrected chi connectivity index (χ2v) is 12.8. The molecule has 0 fully saturated rings. The van der Waals surface area contributed by atoms with Crippen molar-refractivity contribution in [1.29, 1.82) is 0 Å².